The van der Waals surface area contributed by atoms with Crippen LogP contribution < -0.4 is 21.9 Å². The van der Waals surface area contributed by atoms with E-state index in [9.17, 15) is 57.5 Å². The molecule has 0 saturated carbocycles. The Bertz CT molecular complexity index is 2940. The Morgan fingerprint density at radius 2 is 0.577 bits per heavy atom. The second-order valence-corrected chi connectivity index (χ2v) is 16.4. The lowest BCUT2D eigenvalue weighted by atomic mass is 9.12. The Morgan fingerprint density at radius 1 is 0.352 bits per heavy atom. The molecule has 7 aromatic carbocycles. The van der Waals surface area contributed by atoms with Gasteiger partial charge in [-0.2, -0.15) is 10.5 Å². The van der Waals surface area contributed by atoms with Gasteiger partial charge in [0.1, 0.15) is 52.7 Å². The van der Waals surface area contributed by atoms with Crippen molar-refractivity contribution in [1.82, 2.24) is 0 Å². The zero-order valence-electron chi connectivity index (χ0n) is 34.1. The third-order valence-corrected chi connectivity index (χ3v) is 12.8. The summed E-state index contributed by atoms with van der Waals surface area (Å²) in [4.78, 5) is 14.7. The van der Waals surface area contributed by atoms with E-state index in [1.807, 2.05) is 54.6 Å². The van der Waals surface area contributed by atoms with Gasteiger partial charge in [0, 0.05) is 5.56 Å². The molecule has 0 N–H and O–H groups in total. The van der Waals surface area contributed by atoms with Crippen LogP contribution in [0.25, 0.3) is 0 Å². The number of benzene rings is 7. The summed E-state index contributed by atoms with van der Waals surface area (Å²) in [7, 11) is -0.471. The normalized spacial score (nSPS) is 11.3. The predicted molar refractivity (Wildman–Crippen MR) is 211 cm³/mol. The predicted octanol–water partition coefficient (Wildman–Crippen LogP) is 10.2. The van der Waals surface area contributed by atoms with Crippen molar-refractivity contribution in [1.29, 1.82) is 10.5 Å². The average molecular weight is 1030 g/mol. The van der Waals surface area contributed by atoms with E-state index >= 15 is 35.1 Å². The number of nitriles is 2. The minimum Gasteiger partial charge on any atom is -0.289 e. The molecule has 0 saturated heterocycles. The summed E-state index contributed by atoms with van der Waals surface area (Å²) in [6, 6.07) is 28.2. The van der Waals surface area contributed by atoms with Gasteiger partial charge in [-0.05, 0) is 48.5 Å². The van der Waals surface area contributed by atoms with Crippen molar-refractivity contribution in [3.05, 3.63) is 212 Å². The van der Waals surface area contributed by atoms with Crippen LogP contribution in [0.15, 0.2) is 88.7 Å². The topological polar surface area (TPSA) is 64.7 Å². The van der Waals surface area contributed by atoms with Gasteiger partial charge in [0.15, 0.2) is 85.4 Å². The van der Waals surface area contributed by atoms with Crippen molar-refractivity contribution >= 4 is 44.7 Å². The van der Waals surface area contributed by atoms with Gasteiger partial charge in [-0.1, -0.05) is 30.3 Å². The highest BCUT2D eigenvalue weighted by atomic mass is 32.2. The number of hydrogen-bond donors (Lipinski definition) is 0. The van der Waals surface area contributed by atoms with E-state index < -0.39 is 155 Å². The Kier molecular flexibility index (Phi) is 15.0. The van der Waals surface area contributed by atoms with Crippen molar-refractivity contribution in [2.45, 2.75) is 9.79 Å². The Morgan fingerprint density at radius 3 is 0.803 bits per heavy atom. The van der Waals surface area contributed by atoms with E-state index in [2.05, 4.69) is 12.1 Å². The number of ketones is 1. The molecule has 0 bridgehead atoms. The third-order valence-electron chi connectivity index (χ3n) is 10.6. The second-order valence-electron chi connectivity index (χ2n) is 14.4. The molecule has 0 unspecified atom stereocenters. The molecule has 7 aromatic rings. The number of Topliss-reactive ketones (excluding diaryl/α,β-unsaturated/α-hetero) is 1. The lowest BCUT2D eigenvalue weighted by molar-refractivity contribution is 0.102. The molecule has 25 heteroatoms. The largest absolute Gasteiger partial charge is 0.289 e. The SMILES string of the molecule is Fc1c(F)c(F)c([B-](c2c(F)c(F)c(F)c(F)c2F)(c2c(F)c(F)c(F)c(F)c2F)c2c(F)c(F)c(F)c(F)c2F)c(F)c1F.N#Cc1ccc([S+](CC(=O)c2ccccc2)c2ccc(C#N)cc2)cc1. The fourth-order valence-corrected chi connectivity index (χ4v) is 9.37. The molecule has 0 radical (unpaired) electrons. The highest BCUT2D eigenvalue weighted by molar-refractivity contribution is 7.97. The first kappa shape index (κ1) is 52.6. The lowest BCUT2D eigenvalue weighted by Crippen LogP contribution is -2.81. The van der Waals surface area contributed by atoms with E-state index in [4.69, 9.17) is 10.5 Å². The van der Waals surface area contributed by atoms with E-state index in [0.29, 0.717) is 22.4 Å². The van der Waals surface area contributed by atoms with Gasteiger partial charge in [-0.3, -0.25) is 4.79 Å². The zero-order chi connectivity index (χ0) is 52.7. The summed E-state index contributed by atoms with van der Waals surface area (Å²) in [5.41, 5.74) is -12.5. The minimum absolute atomic E-state index is 0.0719. The molecule has 0 aliphatic heterocycles. The van der Waals surface area contributed by atoms with Gasteiger partial charge in [0.2, 0.25) is 5.78 Å². The van der Waals surface area contributed by atoms with Crippen LogP contribution in [0.5, 0.6) is 0 Å². The first-order valence-electron chi connectivity index (χ1n) is 18.9. The first-order chi connectivity index (χ1) is 33.4. The Hall–Kier alpha value is -7.80. The van der Waals surface area contributed by atoms with Gasteiger partial charge in [0.05, 0.1) is 34.2 Å². The van der Waals surface area contributed by atoms with Crippen LogP contribution in [0.4, 0.5) is 87.8 Å². The first-order valence-corrected chi connectivity index (χ1v) is 20.3. The van der Waals surface area contributed by atoms with Crippen molar-refractivity contribution in [2.75, 3.05) is 5.75 Å². The summed E-state index contributed by atoms with van der Waals surface area (Å²) in [6.07, 6.45) is -7.22. The monoisotopic (exact) mass is 1030 g/mol. The van der Waals surface area contributed by atoms with Crippen molar-refractivity contribution in [2.24, 2.45) is 0 Å². The van der Waals surface area contributed by atoms with Gasteiger partial charge in [-0.15, -0.1) is 21.9 Å². The standard InChI is InChI=1S/C24BF20.C22H15N2OS/c26-5-1(6(27)14(35)21(42)13(5)34)25(2-7(28)15(36)22(43)16(37)8(2)29,3-9(30)17(38)23(44)18(39)10(3)31)4-11(32)19(40)24(45)20(41)12(4)33;23-14-17-6-10-20(11-7-17)26(21-12-8-18(15-24)9-13-21)16-22(25)19-4-2-1-3-5-19/h;1-13H,16H2/q-1;+1. The van der Waals surface area contributed by atoms with E-state index in [1.165, 1.54) is 0 Å². The number of halogens is 20. The molecule has 0 fully saturated rings. The molecule has 3 nitrogen and oxygen atoms in total. The summed E-state index contributed by atoms with van der Waals surface area (Å²) in [5.74, 6) is -71.0. The lowest BCUT2D eigenvalue weighted by Gasteiger charge is -2.44. The van der Waals surface area contributed by atoms with Gasteiger partial charge >= 0.3 is 0 Å². The fraction of sp³-hybridized carbons (Fsp3) is 0.0217. The number of carbonyl (C=O) groups excluding carboxylic acids is 1. The van der Waals surface area contributed by atoms with Gasteiger partial charge in [0.25, 0.3) is 0 Å². The fourth-order valence-electron chi connectivity index (χ4n) is 7.40. The van der Waals surface area contributed by atoms with Crippen molar-refractivity contribution < 1.29 is 92.6 Å². The second kappa shape index (κ2) is 20.3. The number of carbonyl (C=O) groups is 1. The van der Waals surface area contributed by atoms with Crippen LogP contribution in [0.1, 0.15) is 21.5 Å². The maximum Gasteiger partial charge on any atom is 0.212 e. The maximum atomic E-state index is 15.4. The van der Waals surface area contributed by atoms with Crippen molar-refractivity contribution in [3.63, 3.8) is 0 Å². The molecular weight excluding hydrogens is 1020 g/mol. The zero-order valence-corrected chi connectivity index (χ0v) is 34.9. The van der Waals surface area contributed by atoms with E-state index in [0.717, 1.165) is 9.79 Å². The van der Waals surface area contributed by atoms with Crippen LogP contribution in [0.3, 0.4) is 0 Å². The smallest absolute Gasteiger partial charge is 0.212 e. The molecule has 0 aliphatic carbocycles. The van der Waals surface area contributed by atoms with Gasteiger partial charge < -0.3 is 0 Å². The minimum atomic E-state index is -7.22. The molecule has 0 spiro atoms. The van der Waals surface area contributed by atoms with Gasteiger partial charge in [-0.25, -0.2) is 87.8 Å². The van der Waals surface area contributed by atoms with E-state index in [1.54, 1.807) is 24.3 Å². The summed E-state index contributed by atoms with van der Waals surface area (Å²) < 4.78 is 294. The molecule has 0 heterocycles. The summed E-state index contributed by atoms with van der Waals surface area (Å²) in [5, 5.41) is 18.0. The molecule has 364 valence electrons. The average Bonchev–Trinajstić information content (AvgIpc) is 3.38. The number of nitrogens with zero attached hydrogens (tertiary/aromatic N) is 2. The molecule has 0 atom stereocenters. The number of hydrogen-bond acceptors (Lipinski definition) is 3. The molecule has 0 aliphatic rings. The van der Waals surface area contributed by atoms with Crippen LogP contribution in [0, 0.1) is 139 Å². The van der Waals surface area contributed by atoms with Crippen LogP contribution >= 0.6 is 0 Å². The molecule has 0 aromatic heterocycles. The highest BCUT2D eigenvalue weighted by Crippen LogP contribution is 2.31. The number of rotatable bonds is 9. The molecule has 71 heavy (non-hydrogen) atoms. The highest BCUT2D eigenvalue weighted by Gasteiger charge is 2.52. The van der Waals surface area contributed by atoms with Crippen LogP contribution in [0.2, 0.25) is 0 Å². The Labute approximate surface area is 386 Å². The Balaban J connectivity index is 0.000000268. The van der Waals surface area contributed by atoms with Crippen molar-refractivity contribution in [3.8, 4) is 12.1 Å². The van der Waals surface area contributed by atoms with Crippen LogP contribution in [-0.4, -0.2) is 17.7 Å². The maximum absolute atomic E-state index is 15.4. The molecular formula is C46H15BF20N2OS. The third kappa shape index (κ3) is 8.78. The van der Waals surface area contributed by atoms with Crippen LogP contribution in [-0.2, 0) is 10.9 Å². The van der Waals surface area contributed by atoms with E-state index in [-0.39, 0.29) is 5.78 Å². The molecule has 7 rings (SSSR count). The summed E-state index contributed by atoms with van der Waals surface area (Å²) >= 11 is 0. The quantitative estimate of drug-likeness (QED) is 0.0362. The summed E-state index contributed by atoms with van der Waals surface area (Å²) in [6.45, 7) is 0. The molecule has 0 amide bonds.